The van der Waals surface area contributed by atoms with Crippen molar-refractivity contribution in [2.75, 3.05) is 29.0 Å². The van der Waals surface area contributed by atoms with Crippen LogP contribution in [0.15, 0.2) is 48.5 Å². The average Bonchev–Trinajstić information content (AvgIpc) is 2.71. The zero-order chi connectivity index (χ0) is 21.2. The summed E-state index contributed by atoms with van der Waals surface area (Å²) in [4.78, 5) is 36.1. The number of anilines is 3. The molecule has 154 valence electrons. The second kappa shape index (κ2) is 10.8. The van der Waals surface area contributed by atoms with E-state index in [2.05, 4.69) is 21.3 Å². The molecule has 0 unspecified atom stereocenters. The number of benzene rings is 2. The molecule has 0 aliphatic carbocycles. The summed E-state index contributed by atoms with van der Waals surface area (Å²) >= 11 is 0. The van der Waals surface area contributed by atoms with E-state index in [1.165, 1.54) is 0 Å². The van der Waals surface area contributed by atoms with Crippen LogP contribution in [0.1, 0.15) is 37.6 Å². The number of hydrogen-bond donors (Lipinski definition) is 4. The van der Waals surface area contributed by atoms with Crippen molar-refractivity contribution in [1.29, 1.82) is 0 Å². The van der Waals surface area contributed by atoms with Crippen molar-refractivity contribution < 1.29 is 14.4 Å². The van der Waals surface area contributed by atoms with Gasteiger partial charge in [0.15, 0.2) is 0 Å². The van der Waals surface area contributed by atoms with E-state index in [1.807, 2.05) is 26.8 Å². The standard InChI is InChI=1S/C22H28N4O3/c1-4-11-23-22(29)16-7-5-9-18(12-16)25-20(27)14-24-17-8-6-10-19(13-17)26-21(28)15(2)3/h5-10,12-13,15,24H,4,11,14H2,1-3H3,(H,23,29)(H,25,27)(H,26,28). The first-order valence-electron chi connectivity index (χ1n) is 9.72. The fourth-order valence-corrected chi connectivity index (χ4v) is 2.46. The Kier molecular flexibility index (Phi) is 8.21. The van der Waals surface area contributed by atoms with Gasteiger partial charge in [-0.1, -0.05) is 32.9 Å². The molecule has 2 aromatic carbocycles. The fraction of sp³-hybridized carbons (Fsp3) is 0.318. The Labute approximate surface area is 171 Å². The summed E-state index contributed by atoms with van der Waals surface area (Å²) in [5.74, 6) is -0.589. The number of carbonyl (C=O) groups excluding carboxylic acids is 3. The van der Waals surface area contributed by atoms with Crippen LogP contribution in [0.25, 0.3) is 0 Å². The molecular formula is C22H28N4O3. The van der Waals surface area contributed by atoms with Gasteiger partial charge in [-0.05, 0) is 42.8 Å². The van der Waals surface area contributed by atoms with Gasteiger partial charge in [0, 0.05) is 35.1 Å². The number of rotatable bonds is 9. The summed E-state index contributed by atoms with van der Waals surface area (Å²) in [6, 6.07) is 14.0. The van der Waals surface area contributed by atoms with Crippen LogP contribution < -0.4 is 21.3 Å². The first-order chi connectivity index (χ1) is 13.9. The van der Waals surface area contributed by atoms with E-state index in [1.54, 1.807) is 42.5 Å². The van der Waals surface area contributed by atoms with Crippen molar-refractivity contribution in [3.63, 3.8) is 0 Å². The minimum absolute atomic E-state index is 0.0494. The third-order valence-electron chi connectivity index (χ3n) is 4.05. The molecular weight excluding hydrogens is 368 g/mol. The van der Waals surface area contributed by atoms with Crippen molar-refractivity contribution in [3.05, 3.63) is 54.1 Å². The number of hydrogen-bond acceptors (Lipinski definition) is 4. The predicted octanol–water partition coefficient (Wildman–Crippen LogP) is 3.47. The molecule has 0 heterocycles. The van der Waals surface area contributed by atoms with Crippen molar-refractivity contribution in [1.82, 2.24) is 5.32 Å². The van der Waals surface area contributed by atoms with Gasteiger partial charge in [0.1, 0.15) is 0 Å². The van der Waals surface area contributed by atoms with Crippen LogP contribution in [-0.2, 0) is 9.59 Å². The smallest absolute Gasteiger partial charge is 0.251 e. The van der Waals surface area contributed by atoms with Gasteiger partial charge in [-0.2, -0.15) is 0 Å². The van der Waals surface area contributed by atoms with E-state index in [9.17, 15) is 14.4 Å². The molecule has 7 heteroatoms. The topological polar surface area (TPSA) is 99.3 Å². The molecule has 0 bridgehead atoms. The van der Waals surface area contributed by atoms with Crippen LogP contribution in [0.3, 0.4) is 0 Å². The molecule has 0 atom stereocenters. The van der Waals surface area contributed by atoms with Crippen LogP contribution in [0, 0.1) is 5.92 Å². The van der Waals surface area contributed by atoms with Crippen molar-refractivity contribution >= 4 is 34.8 Å². The minimum atomic E-state index is -0.243. The Morgan fingerprint density at radius 1 is 0.897 bits per heavy atom. The fourth-order valence-electron chi connectivity index (χ4n) is 2.46. The van der Waals surface area contributed by atoms with Gasteiger partial charge in [-0.25, -0.2) is 0 Å². The van der Waals surface area contributed by atoms with Gasteiger partial charge in [0.25, 0.3) is 5.91 Å². The summed E-state index contributed by atoms with van der Waals surface area (Å²) in [6.45, 7) is 6.29. The first-order valence-corrected chi connectivity index (χ1v) is 9.72. The Bertz CT molecular complexity index is 865. The number of carbonyl (C=O) groups is 3. The molecule has 0 radical (unpaired) electrons. The van der Waals surface area contributed by atoms with Crippen LogP contribution in [0.4, 0.5) is 17.1 Å². The van der Waals surface area contributed by atoms with Crippen LogP contribution in [-0.4, -0.2) is 30.8 Å². The van der Waals surface area contributed by atoms with Crippen molar-refractivity contribution in [2.24, 2.45) is 5.92 Å². The summed E-state index contributed by atoms with van der Waals surface area (Å²) in [5.41, 5.74) is 2.44. The highest BCUT2D eigenvalue weighted by Crippen LogP contribution is 2.16. The maximum absolute atomic E-state index is 12.2. The highest BCUT2D eigenvalue weighted by Gasteiger charge is 2.09. The molecule has 0 aliphatic rings. The Balaban J connectivity index is 1.90. The van der Waals surface area contributed by atoms with Crippen LogP contribution in [0.5, 0.6) is 0 Å². The van der Waals surface area contributed by atoms with E-state index in [4.69, 9.17) is 0 Å². The van der Waals surface area contributed by atoms with Crippen LogP contribution in [0.2, 0.25) is 0 Å². The molecule has 0 fully saturated rings. The van der Waals surface area contributed by atoms with Crippen LogP contribution >= 0.6 is 0 Å². The SMILES string of the molecule is CCCNC(=O)c1cccc(NC(=O)CNc2cccc(NC(=O)C(C)C)c2)c1. The van der Waals surface area contributed by atoms with Gasteiger partial charge >= 0.3 is 0 Å². The van der Waals surface area contributed by atoms with E-state index in [0.29, 0.717) is 23.5 Å². The molecule has 0 aromatic heterocycles. The van der Waals surface area contributed by atoms with E-state index in [0.717, 1.165) is 12.1 Å². The summed E-state index contributed by atoms with van der Waals surface area (Å²) in [7, 11) is 0. The average molecular weight is 396 g/mol. The molecule has 7 nitrogen and oxygen atoms in total. The normalized spacial score (nSPS) is 10.3. The maximum Gasteiger partial charge on any atom is 0.251 e. The van der Waals surface area contributed by atoms with E-state index >= 15 is 0 Å². The third kappa shape index (κ3) is 7.29. The lowest BCUT2D eigenvalue weighted by molar-refractivity contribution is -0.119. The van der Waals surface area contributed by atoms with Gasteiger partial charge in [0.2, 0.25) is 11.8 Å². The second-order valence-corrected chi connectivity index (χ2v) is 6.96. The molecule has 3 amide bonds. The van der Waals surface area contributed by atoms with Crippen molar-refractivity contribution in [2.45, 2.75) is 27.2 Å². The Morgan fingerprint density at radius 3 is 2.24 bits per heavy atom. The van der Waals surface area contributed by atoms with E-state index in [-0.39, 0.29) is 30.2 Å². The molecule has 2 rings (SSSR count). The minimum Gasteiger partial charge on any atom is -0.376 e. The lowest BCUT2D eigenvalue weighted by Crippen LogP contribution is -2.25. The van der Waals surface area contributed by atoms with Gasteiger partial charge in [-0.3, -0.25) is 14.4 Å². The molecule has 0 aliphatic heterocycles. The lowest BCUT2D eigenvalue weighted by atomic mass is 10.2. The summed E-state index contributed by atoms with van der Waals surface area (Å²) in [5, 5.41) is 11.4. The molecule has 0 spiro atoms. The zero-order valence-corrected chi connectivity index (χ0v) is 17.0. The second-order valence-electron chi connectivity index (χ2n) is 6.96. The van der Waals surface area contributed by atoms with Gasteiger partial charge in [0.05, 0.1) is 6.54 Å². The lowest BCUT2D eigenvalue weighted by Gasteiger charge is -2.11. The number of nitrogens with one attached hydrogen (secondary N) is 4. The molecule has 0 saturated heterocycles. The molecule has 4 N–H and O–H groups in total. The summed E-state index contributed by atoms with van der Waals surface area (Å²) in [6.07, 6.45) is 0.857. The molecule has 2 aromatic rings. The Hall–Kier alpha value is -3.35. The largest absolute Gasteiger partial charge is 0.376 e. The molecule has 0 saturated carbocycles. The highest BCUT2D eigenvalue weighted by molar-refractivity contribution is 5.98. The molecule has 29 heavy (non-hydrogen) atoms. The van der Waals surface area contributed by atoms with Gasteiger partial charge in [-0.15, -0.1) is 0 Å². The summed E-state index contributed by atoms with van der Waals surface area (Å²) < 4.78 is 0. The van der Waals surface area contributed by atoms with Crippen molar-refractivity contribution in [3.8, 4) is 0 Å². The van der Waals surface area contributed by atoms with Gasteiger partial charge < -0.3 is 21.3 Å². The predicted molar refractivity (Wildman–Crippen MR) is 116 cm³/mol. The monoisotopic (exact) mass is 396 g/mol. The zero-order valence-electron chi connectivity index (χ0n) is 17.0. The maximum atomic E-state index is 12.2. The Morgan fingerprint density at radius 2 is 1.55 bits per heavy atom. The third-order valence-corrected chi connectivity index (χ3v) is 4.05. The highest BCUT2D eigenvalue weighted by atomic mass is 16.2. The quantitative estimate of drug-likeness (QED) is 0.521. The van der Waals surface area contributed by atoms with E-state index < -0.39 is 0 Å². The first kappa shape index (κ1) is 21.9. The number of amides is 3.